The molecule has 0 aliphatic heterocycles. The molecule has 4 heteroatoms. The third-order valence-corrected chi connectivity index (χ3v) is 3.72. The van der Waals surface area contributed by atoms with Crippen LogP contribution in [0, 0.1) is 0 Å². The van der Waals surface area contributed by atoms with Gasteiger partial charge < -0.3 is 9.72 Å². The summed E-state index contributed by atoms with van der Waals surface area (Å²) in [4.78, 5) is 7.97. The second-order valence-corrected chi connectivity index (χ2v) is 5.21. The average Bonchev–Trinajstić information content (AvgIpc) is 2.89. The van der Waals surface area contributed by atoms with Gasteiger partial charge in [0, 0.05) is 10.9 Å². The van der Waals surface area contributed by atoms with Gasteiger partial charge in [0.05, 0.1) is 18.1 Å². The fourth-order valence-electron chi connectivity index (χ4n) is 2.25. The molecule has 102 valence electrons. The van der Waals surface area contributed by atoms with Gasteiger partial charge in [-0.2, -0.15) is 0 Å². The lowest BCUT2D eigenvalue weighted by Gasteiger charge is -2.09. The first kappa shape index (κ1) is 13.0. The Hall–Kier alpha value is -2.00. The highest BCUT2D eigenvalue weighted by atomic mass is 35.5. The molecule has 20 heavy (non-hydrogen) atoms. The van der Waals surface area contributed by atoms with Gasteiger partial charge in [-0.25, -0.2) is 4.98 Å². The summed E-state index contributed by atoms with van der Waals surface area (Å²) in [5.41, 5.74) is 3.09. The second kappa shape index (κ2) is 5.17. The van der Waals surface area contributed by atoms with Crippen LogP contribution in [-0.4, -0.2) is 17.1 Å². The molecule has 3 nitrogen and oxygen atoms in total. The molecule has 1 N–H and O–H groups in total. The predicted molar refractivity (Wildman–Crippen MR) is 81.6 cm³/mol. The summed E-state index contributed by atoms with van der Waals surface area (Å²) in [5, 5.41) is 0.702. The number of hydrogen-bond acceptors (Lipinski definition) is 2. The van der Waals surface area contributed by atoms with Crippen LogP contribution in [0.5, 0.6) is 5.75 Å². The van der Waals surface area contributed by atoms with Crippen LogP contribution in [0.25, 0.3) is 11.0 Å². The maximum Gasteiger partial charge on any atom is 0.118 e. The van der Waals surface area contributed by atoms with Crippen molar-refractivity contribution in [1.29, 1.82) is 0 Å². The summed E-state index contributed by atoms with van der Waals surface area (Å²) < 4.78 is 5.18. The van der Waals surface area contributed by atoms with E-state index in [2.05, 4.69) is 29.0 Å². The molecule has 0 aliphatic rings. The third kappa shape index (κ3) is 2.37. The third-order valence-electron chi connectivity index (χ3n) is 3.49. The highest BCUT2D eigenvalue weighted by molar-refractivity contribution is 6.31. The summed E-state index contributed by atoms with van der Waals surface area (Å²) in [7, 11) is 1.67. The van der Waals surface area contributed by atoms with Gasteiger partial charge in [0.2, 0.25) is 0 Å². The molecule has 1 heterocycles. The number of imidazole rings is 1. The smallest absolute Gasteiger partial charge is 0.118 e. The maximum atomic E-state index is 5.99. The number of hydrogen-bond donors (Lipinski definition) is 1. The van der Waals surface area contributed by atoms with Crippen molar-refractivity contribution in [3.8, 4) is 5.75 Å². The molecule has 3 aromatic rings. The van der Waals surface area contributed by atoms with Crippen molar-refractivity contribution < 1.29 is 4.74 Å². The van der Waals surface area contributed by atoms with Gasteiger partial charge in [-0.15, -0.1) is 0 Å². The number of rotatable bonds is 3. The van der Waals surface area contributed by atoms with Crippen molar-refractivity contribution in [2.75, 3.05) is 7.11 Å². The zero-order chi connectivity index (χ0) is 14.1. The van der Waals surface area contributed by atoms with E-state index in [4.69, 9.17) is 16.3 Å². The van der Waals surface area contributed by atoms with Crippen LogP contribution in [0.4, 0.5) is 0 Å². The Bertz CT molecular complexity index is 734. The van der Waals surface area contributed by atoms with E-state index in [9.17, 15) is 0 Å². The normalized spacial score (nSPS) is 12.6. The van der Waals surface area contributed by atoms with Crippen molar-refractivity contribution in [2.45, 2.75) is 12.8 Å². The topological polar surface area (TPSA) is 37.9 Å². The number of aromatic nitrogens is 2. The van der Waals surface area contributed by atoms with Crippen LogP contribution in [0.1, 0.15) is 24.2 Å². The fraction of sp³-hybridized carbons (Fsp3) is 0.188. The monoisotopic (exact) mass is 286 g/mol. The number of nitrogens with one attached hydrogen (secondary N) is 1. The van der Waals surface area contributed by atoms with E-state index >= 15 is 0 Å². The Balaban J connectivity index is 1.96. The van der Waals surface area contributed by atoms with Crippen LogP contribution in [0.2, 0.25) is 5.02 Å². The Morgan fingerprint density at radius 1 is 1.15 bits per heavy atom. The fourth-order valence-corrected chi connectivity index (χ4v) is 2.42. The number of H-pyrrole nitrogens is 1. The summed E-state index contributed by atoms with van der Waals surface area (Å²) in [6.07, 6.45) is 0. The summed E-state index contributed by atoms with van der Waals surface area (Å²) in [6, 6.07) is 13.7. The molecule has 0 saturated heterocycles. The minimum Gasteiger partial charge on any atom is -0.497 e. The molecule has 3 rings (SSSR count). The number of nitrogens with zero attached hydrogens (tertiary/aromatic N) is 1. The summed E-state index contributed by atoms with van der Waals surface area (Å²) in [5.74, 6) is 1.98. The second-order valence-electron chi connectivity index (χ2n) is 4.78. The average molecular weight is 287 g/mol. The van der Waals surface area contributed by atoms with Crippen molar-refractivity contribution in [2.24, 2.45) is 0 Å². The van der Waals surface area contributed by atoms with Crippen molar-refractivity contribution in [3.63, 3.8) is 0 Å². The molecule has 1 aromatic heterocycles. The predicted octanol–water partition coefficient (Wildman–Crippen LogP) is 4.38. The van der Waals surface area contributed by atoms with Crippen molar-refractivity contribution >= 4 is 22.6 Å². The largest absolute Gasteiger partial charge is 0.497 e. The SMILES string of the molecule is COc1ccc(C(C)c2nc3cc(Cl)ccc3[nH]2)cc1. The van der Waals surface area contributed by atoms with Crippen LogP contribution in [0.3, 0.4) is 0 Å². The Kier molecular flexibility index (Phi) is 3.36. The highest BCUT2D eigenvalue weighted by Crippen LogP contribution is 2.26. The van der Waals surface area contributed by atoms with E-state index in [1.165, 1.54) is 5.56 Å². The number of aromatic amines is 1. The minimum absolute atomic E-state index is 0.187. The molecule has 0 saturated carbocycles. The summed E-state index contributed by atoms with van der Waals surface area (Å²) in [6.45, 7) is 2.13. The van der Waals surface area contributed by atoms with Gasteiger partial charge in [-0.05, 0) is 35.9 Å². The van der Waals surface area contributed by atoms with Gasteiger partial charge in [-0.3, -0.25) is 0 Å². The molecule has 1 atom stereocenters. The van der Waals surface area contributed by atoms with E-state index in [1.807, 2.05) is 30.3 Å². The van der Waals surface area contributed by atoms with Crippen LogP contribution in [-0.2, 0) is 0 Å². The molecule has 0 amide bonds. The molecule has 2 aromatic carbocycles. The summed E-state index contributed by atoms with van der Waals surface area (Å²) >= 11 is 5.99. The van der Waals surface area contributed by atoms with E-state index in [0.717, 1.165) is 22.6 Å². The van der Waals surface area contributed by atoms with Gasteiger partial charge in [0.15, 0.2) is 0 Å². The molecular weight excluding hydrogens is 272 g/mol. The number of halogens is 1. The van der Waals surface area contributed by atoms with Crippen LogP contribution >= 0.6 is 11.6 Å². The van der Waals surface area contributed by atoms with Gasteiger partial charge in [-0.1, -0.05) is 30.7 Å². The first-order chi connectivity index (χ1) is 9.67. The van der Waals surface area contributed by atoms with E-state index in [1.54, 1.807) is 7.11 Å². The van der Waals surface area contributed by atoms with Gasteiger partial charge >= 0.3 is 0 Å². The number of methoxy groups -OCH3 is 1. The zero-order valence-corrected chi connectivity index (χ0v) is 12.1. The minimum atomic E-state index is 0.187. The van der Waals surface area contributed by atoms with Gasteiger partial charge in [0.1, 0.15) is 11.6 Å². The highest BCUT2D eigenvalue weighted by Gasteiger charge is 2.13. The van der Waals surface area contributed by atoms with E-state index in [0.29, 0.717) is 5.02 Å². The van der Waals surface area contributed by atoms with E-state index < -0.39 is 0 Å². The van der Waals surface area contributed by atoms with Crippen LogP contribution in [0.15, 0.2) is 42.5 Å². The van der Waals surface area contributed by atoms with Crippen molar-refractivity contribution in [3.05, 3.63) is 58.9 Å². The zero-order valence-electron chi connectivity index (χ0n) is 11.4. The van der Waals surface area contributed by atoms with Crippen molar-refractivity contribution in [1.82, 2.24) is 9.97 Å². The van der Waals surface area contributed by atoms with Crippen LogP contribution < -0.4 is 4.74 Å². The Morgan fingerprint density at radius 3 is 2.60 bits per heavy atom. The molecule has 0 aliphatic carbocycles. The first-order valence-electron chi connectivity index (χ1n) is 6.46. The quantitative estimate of drug-likeness (QED) is 0.776. The number of benzene rings is 2. The maximum absolute atomic E-state index is 5.99. The lowest BCUT2D eigenvalue weighted by molar-refractivity contribution is 0.414. The molecule has 0 fully saturated rings. The molecule has 1 unspecified atom stereocenters. The molecule has 0 bridgehead atoms. The van der Waals surface area contributed by atoms with E-state index in [-0.39, 0.29) is 5.92 Å². The number of ether oxygens (including phenoxy) is 1. The molecular formula is C16H15ClN2O. The standard InChI is InChI=1S/C16H15ClN2O/c1-10(11-3-6-13(20-2)7-4-11)16-18-14-8-5-12(17)9-15(14)19-16/h3-10H,1-2H3,(H,18,19). The van der Waals surface area contributed by atoms with Gasteiger partial charge in [0.25, 0.3) is 0 Å². The Labute approximate surface area is 122 Å². The molecule has 0 spiro atoms. The first-order valence-corrected chi connectivity index (χ1v) is 6.84. The number of fused-ring (bicyclic) bond motifs is 1. The molecule has 0 radical (unpaired) electrons. The lowest BCUT2D eigenvalue weighted by atomic mass is 10.0. The lowest BCUT2D eigenvalue weighted by Crippen LogP contribution is -1.98. The Morgan fingerprint density at radius 2 is 1.90 bits per heavy atom.